The number of nitro benzene ring substituents is 1. The molecular weight excluding hydrogens is 284 g/mol. The van der Waals surface area contributed by atoms with Crippen LogP contribution in [0.1, 0.15) is 16.8 Å². The fourth-order valence-electron chi connectivity index (χ4n) is 2.18. The summed E-state index contributed by atoms with van der Waals surface area (Å²) < 4.78 is 22.8. The lowest BCUT2D eigenvalue weighted by molar-refractivity contribution is -0.384. The van der Waals surface area contributed by atoms with Gasteiger partial charge in [-0.1, -0.05) is 0 Å². The van der Waals surface area contributed by atoms with Crippen LogP contribution in [0.3, 0.4) is 0 Å². The molecular formula is C12H14N2O5S. The fraction of sp³-hybridized carbons (Fsp3) is 0.417. The molecule has 2 rings (SSSR count). The highest BCUT2D eigenvalue weighted by molar-refractivity contribution is 7.91. The molecule has 20 heavy (non-hydrogen) atoms. The molecule has 1 atom stereocenters. The first-order valence-electron chi connectivity index (χ1n) is 6.02. The van der Waals surface area contributed by atoms with E-state index in [1.807, 2.05) is 0 Å². The van der Waals surface area contributed by atoms with E-state index in [-0.39, 0.29) is 29.1 Å². The molecule has 0 radical (unpaired) electrons. The predicted octanol–water partition coefficient (Wildman–Crippen LogP) is 0.854. The van der Waals surface area contributed by atoms with Crippen molar-refractivity contribution in [3.8, 4) is 0 Å². The maximum absolute atomic E-state index is 12.2. The summed E-state index contributed by atoms with van der Waals surface area (Å²) in [6.45, 7) is 0. The summed E-state index contributed by atoms with van der Waals surface area (Å²) >= 11 is 0. The van der Waals surface area contributed by atoms with Gasteiger partial charge in [0.2, 0.25) is 0 Å². The zero-order valence-electron chi connectivity index (χ0n) is 10.9. The van der Waals surface area contributed by atoms with Gasteiger partial charge in [0.15, 0.2) is 9.84 Å². The topological polar surface area (TPSA) is 97.6 Å². The van der Waals surface area contributed by atoms with Crippen LogP contribution in [-0.2, 0) is 9.84 Å². The molecule has 108 valence electrons. The second-order valence-electron chi connectivity index (χ2n) is 4.78. The molecule has 1 heterocycles. The van der Waals surface area contributed by atoms with E-state index in [9.17, 15) is 23.3 Å². The number of hydrogen-bond acceptors (Lipinski definition) is 5. The largest absolute Gasteiger partial charge is 0.338 e. The van der Waals surface area contributed by atoms with Crippen molar-refractivity contribution >= 4 is 21.4 Å². The second kappa shape index (κ2) is 5.20. The first-order chi connectivity index (χ1) is 9.30. The van der Waals surface area contributed by atoms with E-state index < -0.39 is 14.8 Å². The Morgan fingerprint density at radius 2 is 1.95 bits per heavy atom. The summed E-state index contributed by atoms with van der Waals surface area (Å²) in [6, 6.07) is 4.93. The van der Waals surface area contributed by atoms with E-state index in [1.54, 1.807) is 7.05 Å². The summed E-state index contributed by atoms with van der Waals surface area (Å²) in [5, 5.41) is 10.5. The number of amides is 1. The Morgan fingerprint density at radius 1 is 1.35 bits per heavy atom. The number of nitrogens with zero attached hydrogens (tertiary/aromatic N) is 2. The zero-order chi connectivity index (χ0) is 14.9. The van der Waals surface area contributed by atoms with Crippen molar-refractivity contribution in [3.63, 3.8) is 0 Å². The highest BCUT2D eigenvalue weighted by Crippen LogP contribution is 2.19. The monoisotopic (exact) mass is 298 g/mol. The molecule has 1 aromatic rings. The van der Waals surface area contributed by atoms with Crippen LogP contribution in [0.25, 0.3) is 0 Å². The Morgan fingerprint density at radius 3 is 2.40 bits per heavy atom. The molecule has 1 aliphatic heterocycles. The second-order valence-corrected chi connectivity index (χ2v) is 7.01. The van der Waals surface area contributed by atoms with Crippen LogP contribution in [0.4, 0.5) is 5.69 Å². The standard InChI is InChI=1S/C12H14N2O5S/c1-13(11-6-7-20(18,19)8-11)12(15)9-2-4-10(5-3-9)14(16)17/h2-5,11H,6-8H2,1H3. The van der Waals surface area contributed by atoms with Gasteiger partial charge in [0.05, 0.1) is 16.4 Å². The van der Waals surface area contributed by atoms with Gasteiger partial charge in [-0.25, -0.2) is 8.42 Å². The number of non-ortho nitro benzene ring substituents is 1. The molecule has 1 unspecified atom stereocenters. The Kier molecular flexibility index (Phi) is 3.76. The summed E-state index contributed by atoms with van der Waals surface area (Å²) in [7, 11) is -1.51. The zero-order valence-corrected chi connectivity index (χ0v) is 11.7. The maximum atomic E-state index is 12.2. The smallest absolute Gasteiger partial charge is 0.269 e. The molecule has 1 fully saturated rings. The van der Waals surface area contributed by atoms with Gasteiger partial charge < -0.3 is 4.90 Å². The molecule has 0 saturated carbocycles. The Hall–Kier alpha value is -1.96. The van der Waals surface area contributed by atoms with Crippen LogP contribution >= 0.6 is 0 Å². The van der Waals surface area contributed by atoms with Gasteiger partial charge in [-0.2, -0.15) is 0 Å². The number of nitro groups is 1. The quantitative estimate of drug-likeness (QED) is 0.608. The van der Waals surface area contributed by atoms with Crippen molar-refractivity contribution in [2.24, 2.45) is 0 Å². The lowest BCUT2D eigenvalue weighted by Gasteiger charge is -2.23. The SMILES string of the molecule is CN(C(=O)c1ccc([N+](=O)[O-])cc1)C1CCS(=O)(=O)C1. The van der Waals surface area contributed by atoms with Crippen LogP contribution in [-0.4, -0.2) is 48.7 Å². The molecule has 0 aliphatic carbocycles. The highest BCUT2D eigenvalue weighted by Gasteiger charge is 2.33. The van der Waals surface area contributed by atoms with Gasteiger partial charge in [0.1, 0.15) is 0 Å². The number of sulfone groups is 1. The lowest BCUT2D eigenvalue weighted by Crippen LogP contribution is -2.37. The molecule has 1 amide bonds. The van der Waals surface area contributed by atoms with E-state index in [2.05, 4.69) is 0 Å². The van der Waals surface area contributed by atoms with E-state index >= 15 is 0 Å². The average molecular weight is 298 g/mol. The third kappa shape index (κ3) is 2.96. The van der Waals surface area contributed by atoms with Crippen molar-refractivity contribution in [2.75, 3.05) is 18.6 Å². The average Bonchev–Trinajstić information content (AvgIpc) is 2.77. The van der Waals surface area contributed by atoms with Gasteiger partial charge in [0, 0.05) is 30.8 Å². The summed E-state index contributed by atoms with van der Waals surface area (Å²) in [5.74, 6) is -0.264. The number of carbonyl (C=O) groups is 1. The summed E-state index contributed by atoms with van der Waals surface area (Å²) in [4.78, 5) is 23.6. The van der Waals surface area contributed by atoms with Crippen LogP contribution in [0, 0.1) is 10.1 Å². The Bertz CT molecular complexity index is 638. The van der Waals surface area contributed by atoms with Gasteiger partial charge >= 0.3 is 0 Å². The van der Waals surface area contributed by atoms with Crippen molar-refractivity contribution in [1.82, 2.24) is 4.90 Å². The molecule has 1 saturated heterocycles. The Balaban J connectivity index is 2.13. The highest BCUT2D eigenvalue weighted by atomic mass is 32.2. The normalized spacial score (nSPS) is 20.6. The van der Waals surface area contributed by atoms with Crippen LogP contribution in [0.15, 0.2) is 24.3 Å². The molecule has 8 heteroatoms. The van der Waals surface area contributed by atoms with Gasteiger partial charge in [-0.15, -0.1) is 0 Å². The molecule has 1 aromatic carbocycles. The van der Waals surface area contributed by atoms with E-state index in [1.165, 1.54) is 29.2 Å². The van der Waals surface area contributed by atoms with Gasteiger partial charge in [0.25, 0.3) is 11.6 Å². The molecule has 0 spiro atoms. The van der Waals surface area contributed by atoms with Gasteiger partial charge in [-0.05, 0) is 18.6 Å². The van der Waals surface area contributed by atoms with Crippen molar-refractivity contribution in [2.45, 2.75) is 12.5 Å². The lowest BCUT2D eigenvalue weighted by atomic mass is 10.1. The molecule has 0 bridgehead atoms. The first kappa shape index (κ1) is 14.4. The number of benzene rings is 1. The van der Waals surface area contributed by atoms with Crippen molar-refractivity contribution in [1.29, 1.82) is 0 Å². The molecule has 0 N–H and O–H groups in total. The Labute approximate surface area is 116 Å². The van der Waals surface area contributed by atoms with Crippen LogP contribution in [0.5, 0.6) is 0 Å². The van der Waals surface area contributed by atoms with Crippen LogP contribution < -0.4 is 0 Å². The molecule has 0 aromatic heterocycles. The maximum Gasteiger partial charge on any atom is 0.269 e. The minimum Gasteiger partial charge on any atom is -0.338 e. The number of rotatable bonds is 3. The third-order valence-corrected chi connectivity index (χ3v) is 5.15. The third-order valence-electron chi connectivity index (χ3n) is 3.40. The number of hydrogen-bond donors (Lipinski definition) is 0. The minimum atomic E-state index is -3.06. The van der Waals surface area contributed by atoms with Crippen LogP contribution in [0.2, 0.25) is 0 Å². The van der Waals surface area contributed by atoms with E-state index in [0.29, 0.717) is 12.0 Å². The van der Waals surface area contributed by atoms with Gasteiger partial charge in [-0.3, -0.25) is 14.9 Å². The van der Waals surface area contributed by atoms with E-state index in [0.717, 1.165) is 0 Å². The summed E-state index contributed by atoms with van der Waals surface area (Å²) in [5.41, 5.74) is 0.218. The minimum absolute atomic E-state index is 0.0256. The fourth-order valence-corrected chi connectivity index (χ4v) is 3.95. The number of carbonyl (C=O) groups excluding carboxylic acids is 1. The summed E-state index contributed by atoms with van der Waals surface area (Å²) in [6.07, 6.45) is 0.428. The molecule has 7 nitrogen and oxygen atoms in total. The predicted molar refractivity (Wildman–Crippen MR) is 72.2 cm³/mol. The van der Waals surface area contributed by atoms with E-state index in [4.69, 9.17) is 0 Å². The van der Waals surface area contributed by atoms with Crippen molar-refractivity contribution < 1.29 is 18.1 Å². The van der Waals surface area contributed by atoms with Crippen molar-refractivity contribution in [3.05, 3.63) is 39.9 Å². The molecule has 1 aliphatic rings. The first-order valence-corrected chi connectivity index (χ1v) is 7.84.